The summed E-state index contributed by atoms with van der Waals surface area (Å²) >= 11 is 0. The summed E-state index contributed by atoms with van der Waals surface area (Å²) in [6.45, 7) is 7.71. The first-order valence-electron chi connectivity index (χ1n) is 11.9. The van der Waals surface area contributed by atoms with Gasteiger partial charge in [0, 0.05) is 6.54 Å². The van der Waals surface area contributed by atoms with E-state index in [1.807, 2.05) is 38.1 Å². The molecule has 2 aromatic carbocycles. The first kappa shape index (κ1) is 22.9. The number of fused-ring (bicyclic) bond motifs is 2. The third-order valence-electron chi connectivity index (χ3n) is 5.92. The molecule has 0 aliphatic carbocycles. The lowest BCUT2D eigenvalue weighted by Crippen LogP contribution is -2.30. The van der Waals surface area contributed by atoms with Crippen LogP contribution < -0.4 is 14.9 Å². The first-order valence-corrected chi connectivity index (χ1v) is 11.9. The van der Waals surface area contributed by atoms with Gasteiger partial charge in [0.25, 0.3) is 5.91 Å². The fourth-order valence-electron chi connectivity index (χ4n) is 4.37. The number of nitrogens with zero attached hydrogens (tertiary/aromatic N) is 1. The molecule has 1 aliphatic rings. The van der Waals surface area contributed by atoms with Crippen LogP contribution in [0.5, 0.6) is 11.5 Å². The molecule has 1 amide bonds. The van der Waals surface area contributed by atoms with Gasteiger partial charge >= 0.3 is 0 Å². The molecular weight excluding hydrogens is 418 g/mol. The van der Waals surface area contributed by atoms with Crippen molar-refractivity contribution in [2.24, 2.45) is 0 Å². The monoisotopic (exact) mass is 449 g/mol. The maximum absolute atomic E-state index is 13.5. The molecule has 1 unspecified atom stereocenters. The van der Waals surface area contributed by atoms with Gasteiger partial charge in [-0.25, -0.2) is 0 Å². The topological polar surface area (TPSA) is 69.0 Å². The number of unbranched alkanes of at least 4 members (excludes halogenated alkanes) is 2. The van der Waals surface area contributed by atoms with Crippen LogP contribution in [-0.4, -0.2) is 30.6 Å². The van der Waals surface area contributed by atoms with Crippen molar-refractivity contribution in [3.63, 3.8) is 0 Å². The molecule has 0 spiro atoms. The second kappa shape index (κ2) is 10.1. The summed E-state index contributed by atoms with van der Waals surface area (Å²) in [5.41, 5.74) is 1.49. The molecule has 0 N–H and O–H groups in total. The van der Waals surface area contributed by atoms with Gasteiger partial charge in [-0.2, -0.15) is 0 Å². The van der Waals surface area contributed by atoms with Crippen LogP contribution >= 0.6 is 0 Å². The van der Waals surface area contributed by atoms with Gasteiger partial charge in [0.1, 0.15) is 5.58 Å². The summed E-state index contributed by atoms with van der Waals surface area (Å²) in [7, 11) is 0. The van der Waals surface area contributed by atoms with E-state index in [2.05, 4.69) is 6.92 Å². The summed E-state index contributed by atoms with van der Waals surface area (Å²) < 4.78 is 17.7. The molecule has 6 heteroatoms. The van der Waals surface area contributed by atoms with Gasteiger partial charge in [0.05, 0.1) is 30.2 Å². The predicted molar refractivity (Wildman–Crippen MR) is 128 cm³/mol. The molecule has 0 radical (unpaired) electrons. The largest absolute Gasteiger partial charge is 0.490 e. The van der Waals surface area contributed by atoms with Crippen LogP contribution in [0.15, 0.2) is 51.7 Å². The average Bonchev–Trinajstić information content (AvgIpc) is 3.10. The summed E-state index contributed by atoms with van der Waals surface area (Å²) in [6, 6.07) is 12.2. The molecule has 3 aromatic rings. The molecule has 6 nitrogen and oxygen atoms in total. The highest BCUT2D eigenvalue weighted by Gasteiger charge is 2.42. The van der Waals surface area contributed by atoms with Gasteiger partial charge in [-0.1, -0.05) is 44.9 Å². The van der Waals surface area contributed by atoms with Crippen LogP contribution in [0.3, 0.4) is 0 Å². The molecule has 2 heterocycles. The van der Waals surface area contributed by atoms with Crippen LogP contribution in [0.2, 0.25) is 0 Å². The number of benzene rings is 2. The van der Waals surface area contributed by atoms with Crippen molar-refractivity contribution in [2.45, 2.75) is 52.5 Å². The Morgan fingerprint density at radius 2 is 1.76 bits per heavy atom. The Kier molecular flexibility index (Phi) is 7.02. The lowest BCUT2D eigenvalue weighted by Gasteiger charge is -2.26. The molecule has 0 fully saturated rings. The minimum absolute atomic E-state index is 0.143. The fraction of sp³-hybridized carbons (Fsp3) is 0.407. The maximum atomic E-state index is 13.5. The number of rotatable bonds is 10. The Hall–Kier alpha value is -3.28. The normalized spacial score (nSPS) is 15.2. The SMILES string of the molecule is CCCCCN1C(=O)c2oc3ccccc3c(=O)c2C1c1ccc(OCCC)c(OCC)c1. The molecule has 1 atom stereocenters. The van der Waals surface area contributed by atoms with Crippen LogP contribution in [0, 0.1) is 0 Å². The molecule has 0 bridgehead atoms. The minimum atomic E-state index is -0.523. The molecule has 0 saturated heterocycles. The van der Waals surface area contributed by atoms with Gasteiger partial charge in [-0.15, -0.1) is 0 Å². The van der Waals surface area contributed by atoms with E-state index in [1.54, 1.807) is 23.1 Å². The third kappa shape index (κ3) is 4.34. The van der Waals surface area contributed by atoms with E-state index in [-0.39, 0.29) is 17.1 Å². The van der Waals surface area contributed by atoms with E-state index in [0.29, 0.717) is 47.8 Å². The zero-order chi connectivity index (χ0) is 23.4. The van der Waals surface area contributed by atoms with Gasteiger partial charge in [0.15, 0.2) is 16.9 Å². The van der Waals surface area contributed by atoms with E-state index < -0.39 is 6.04 Å². The highest BCUT2D eigenvalue weighted by Crippen LogP contribution is 2.41. The number of hydrogen-bond acceptors (Lipinski definition) is 5. The van der Waals surface area contributed by atoms with Crippen molar-refractivity contribution in [2.75, 3.05) is 19.8 Å². The third-order valence-corrected chi connectivity index (χ3v) is 5.92. The molecule has 0 saturated carbocycles. The van der Waals surface area contributed by atoms with Crippen molar-refractivity contribution in [1.29, 1.82) is 0 Å². The molecule has 4 rings (SSSR count). The van der Waals surface area contributed by atoms with Crippen LogP contribution in [0.1, 0.15) is 74.2 Å². The fourth-order valence-corrected chi connectivity index (χ4v) is 4.37. The summed E-state index contributed by atoms with van der Waals surface area (Å²) in [4.78, 5) is 28.7. The number of amides is 1. The van der Waals surface area contributed by atoms with Gasteiger partial charge in [-0.05, 0) is 49.6 Å². The molecule has 1 aromatic heterocycles. The second-order valence-electron chi connectivity index (χ2n) is 8.27. The number of para-hydroxylation sites is 1. The van der Waals surface area contributed by atoms with E-state index in [4.69, 9.17) is 13.9 Å². The van der Waals surface area contributed by atoms with Crippen molar-refractivity contribution in [3.05, 3.63) is 69.6 Å². The van der Waals surface area contributed by atoms with E-state index in [0.717, 1.165) is 31.2 Å². The second-order valence-corrected chi connectivity index (χ2v) is 8.27. The zero-order valence-electron chi connectivity index (χ0n) is 19.6. The summed E-state index contributed by atoms with van der Waals surface area (Å²) in [5.74, 6) is 1.18. The number of carbonyl (C=O) groups is 1. The van der Waals surface area contributed by atoms with Crippen LogP contribution in [0.25, 0.3) is 11.0 Å². The Balaban J connectivity index is 1.86. The van der Waals surface area contributed by atoms with Crippen molar-refractivity contribution < 1.29 is 18.7 Å². The Morgan fingerprint density at radius 3 is 2.52 bits per heavy atom. The first-order chi connectivity index (χ1) is 16.1. The standard InChI is InChI=1S/C27H31NO5/c1-4-7-10-15-28-24(18-13-14-21(32-16-5-2)22(17-18)31-6-3)23-25(29)19-11-8-9-12-20(19)33-26(23)27(28)30/h8-9,11-14,17,24H,4-7,10,15-16H2,1-3H3. The Bertz CT molecular complexity index is 1200. The molecular formula is C27H31NO5. The van der Waals surface area contributed by atoms with Gasteiger partial charge in [0.2, 0.25) is 5.76 Å². The summed E-state index contributed by atoms with van der Waals surface area (Å²) in [6.07, 6.45) is 3.79. The molecule has 174 valence electrons. The number of carbonyl (C=O) groups excluding carboxylic acids is 1. The summed E-state index contributed by atoms with van der Waals surface area (Å²) in [5, 5.41) is 0.484. The van der Waals surface area contributed by atoms with Crippen molar-refractivity contribution in [3.8, 4) is 11.5 Å². The highest BCUT2D eigenvalue weighted by atomic mass is 16.5. The Morgan fingerprint density at radius 1 is 0.939 bits per heavy atom. The van der Waals surface area contributed by atoms with E-state index in [9.17, 15) is 9.59 Å². The minimum Gasteiger partial charge on any atom is -0.490 e. The van der Waals surface area contributed by atoms with Crippen LogP contribution in [0.4, 0.5) is 0 Å². The molecule has 33 heavy (non-hydrogen) atoms. The lowest BCUT2D eigenvalue weighted by atomic mass is 9.98. The maximum Gasteiger partial charge on any atom is 0.290 e. The Labute approximate surface area is 194 Å². The predicted octanol–water partition coefficient (Wildman–Crippen LogP) is 5.72. The van der Waals surface area contributed by atoms with E-state index in [1.165, 1.54) is 0 Å². The number of ether oxygens (including phenoxy) is 2. The van der Waals surface area contributed by atoms with Gasteiger partial charge < -0.3 is 18.8 Å². The average molecular weight is 450 g/mol. The van der Waals surface area contributed by atoms with Crippen molar-refractivity contribution in [1.82, 2.24) is 4.90 Å². The quantitative estimate of drug-likeness (QED) is 0.371. The van der Waals surface area contributed by atoms with Gasteiger partial charge in [-0.3, -0.25) is 9.59 Å². The smallest absolute Gasteiger partial charge is 0.290 e. The zero-order valence-corrected chi connectivity index (χ0v) is 19.6. The van der Waals surface area contributed by atoms with Crippen LogP contribution in [-0.2, 0) is 0 Å². The van der Waals surface area contributed by atoms with Crippen molar-refractivity contribution >= 4 is 16.9 Å². The van der Waals surface area contributed by atoms with E-state index >= 15 is 0 Å². The number of hydrogen-bond donors (Lipinski definition) is 0. The highest BCUT2D eigenvalue weighted by molar-refractivity contribution is 5.99. The molecule has 1 aliphatic heterocycles. The lowest BCUT2D eigenvalue weighted by molar-refractivity contribution is 0.0724.